The van der Waals surface area contributed by atoms with Gasteiger partial charge in [-0.3, -0.25) is 9.78 Å². The van der Waals surface area contributed by atoms with Crippen molar-refractivity contribution in [3.8, 4) is 0 Å². The number of carbonyl (C=O) groups is 1. The zero-order valence-corrected chi connectivity index (χ0v) is 9.45. The van der Waals surface area contributed by atoms with Crippen molar-refractivity contribution < 1.29 is 4.79 Å². The van der Waals surface area contributed by atoms with Gasteiger partial charge in [-0.2, -0.15) is 0 Å². The molecule has 3 heterocycles. The van der Waals surface area contributed by atoms with Crippen LogP contribution in [0.4, 0.5) is 5.69 Å². The Morgan fingerprint density at radius 2 is 2.06 bits per heavy atom. The molecule has 0 radical (unpaired) electrons. The molecule has 3 aromatic rings. The summed E-state index contributed by atoms with van der Waals surface area (Å²) in [6.45, 7) is 0. The molecule has 0 unspecified atom stereocenters. The molecule has 0 aliphatic carbocycles. The van der Waals surface area contributed by atoms with Gasteiger partial charge >= 0.3 is 0 Å². The second-order valence-electron chi connectivity index (χ2n) is 3.78. The monoisotopic (exact) mass is 238 g/mol. The van der Waals surface area contributed by atoms with E-state index in [1.165, 1.54) is 0 Å². The SMILES string of the molecule is O=C(Nc1ccc2nccn2c1)c1ccccn1. The molecule has 0 aliphatic heterocycles. The highest BCUT2D eigenvalue weighted by molar-refractivity contribution is 6.02. The zero-order valence-electron chi connectivity index (χ0n) is 9.45. The molecular weight excluding hydrogens is 228 g/mol. The number of nitrogens with zero attached hydrogens (tertiary/aromatic N) is 3. The van der Waals surface area contributed by atoms with E-state index in [1.54, 1.807) is 30.6 Å². The molecule has 0 spiro atoms. The number of anilines is 1. The van der Waals surface area contributed by atoms with E-state index in [-0.39, 0.29) is 5.91 Å². The number of nitrogens with one attached hydrogen (secondary N) is 1. The van der Waals surface area contributed by atoms with Gasteiger partial charge in [0.15, 0.2) is 0 Å². The van der Waals surface area contributed by atoms with E-state index in [4.69, 9.17) is 0 Å². The number of hydrogen-bond donors (Lipinski definition) is 1. The van der Waals surface area contributed by atoms with Crippen LogP contribution in [0, 0.1) is 0 Å². The Morgan fingerprint density at radius 1 is 1.11 bits per heavy atom. The molecule has 0 saturated heterocycles. The molecule has 0 saturated carbocycles. The third-order valence-electron chi connectivity index (χ3n) is 2.54. The summed E-state index contributed by atoms with van der Waals surface area (Å²) in [4.78, 5) is 20.0. The summed E-state index contributed by atoms with van der Waals surface area (Å²) < 4.78 is 1.84. The van der Waals surface area contributed by atoms with Gasteiger partial charge in [-0.05, 0) is 24.3 Å². The van der Waals surface area contributed by atoms with E-state index < -0.39 is 0 Å². The molecule has 5 heteroatoms. The molecule has 0 aliphatic rings. The Hall–Kier alpha value is -2.69. The van der Waals surface area contributed by atoms with Crippen molar-refractivity contribution in [2.75, 3.05) is 5.32 Å². The highest BCUT2D eigenvalue weighted by atomic mass is 16.1. The average Bonchev–Trinajstić information content (AvgIpc) is 2.87. The molecule has 18 heavy (non-hydrogen) atoms. The standard InChI is InChI=1S/C13H10N4O/c18-13(11-3-1-2-6-14-11)16-10-4-5-12-15-7-8-17(12)9-10/h1-9H,(H,16,18). The number of imidazole rings is 1. The lowest BCUT2D eigenvalue weighted by Gasteiger charge is -2.04. The highest BCUT2D eigenvalue weighted by Crippen LogP contribution is 2.10. The fourth-order valence-corrected chi connectivity index (χ4v) is 1.69. The van der Waals surface area contributed by atoms with Gasteiger partial charge in [0.1, 0.15) is 11.3 Å². The predicted octanol–water partition coefficient (Wildman–Crippen LogP) is 1.98. The summed E-state index contributed by atoms with van der Waals surface area (Å²) >= 11 is 0. The van der Waals surface area contributed by atoms with Gasteiger partial charge in [0, 0.05) is 24.8 Å². The van der Waals surface area contributed by atoms with Gasteiger partial charge < -0.3 is 9.72 Å². The molecule has 3 aromatic heterocycles. The second kappa shape index (κ2) is 4.29. The summed E-state index contributed by atoms with van der Waals surface area (Å²) in [5.41, 5.74) is 1.94. The molecule has 88 valence electrons. The lowest BCUT2D eigenvalue weighted by Crippen LogP contribution is -2.13. The molecule has 5 nitrogen and oxygen atoms in total. The molecule has 1 N–H and O–H groups in total. The number of carbonyl (C=O) groups excluding carboxylic acids is 1. The summed E-state index contributed by atoms with van der Waals surface area (Å²) in [5, 5.41) is 2.79. The number of aromatic nitrogens is 3. The van der Waals surface area contributed by atoms with E-state index >= 15 is 0 Å². The lowest BCUT2D eigenvalue weighted by molar-refractivity contribution is 0.102. The van der Waals surface area contributed by atoms with Crippen molar-refractivity contribution in [2.24, 2.45) is 0 Å². The Kier molecular flexibility index (Phi) is 2.49. The maximum absolute atomic E-state index is 11.9. The summed E-state index contributed by atoms with van der Waals surface area (Å²) in [5.74, 6) is -0.227. The van der Waals surface area contributed by atoms with Gasteiger partial charge in [0.2, 0.25) is 0 Å². The van der Waals surface area contributed by atoms with Gasteiger partial charge in [-0.15, -0.1) is 0 Å². The normalized spacial score (nSPS) is 10.4. The van der Waals surface area contributed by atoms with Crippen molar-refractivity contribution >= 4 is 17.2 Å². The second-order valence-corrected chi connectivity index (χ2v) is 3.78. The first-order valence-corrected chi connectivity index (χ1v) is 5.48. The smallest absolute Gasteiger partial charge is 0.274 e. The van der Waals surface area contributed by atoms with Crippen LogP contribution in [-0.4, -0.2) is 20.3 Å². The topological polar surface area (TPSA) is 59.3 Å². The number of fused-ring (bicyclic) bond motifs is 1. The highest BCUT2D eigenvalue weighted by Gasteiger charge is 2.06. The van der Waals surface area contributed by atoms with Crippen LogP contribution in [0.15, 0.2) is 55.1 Å². The lowest BCUT2D eigenvalue weighted by atomic mass is 10.3. The summed E-state index contributed by atoms with van der Waals surface area (Å²) in [7, 11) is 0. The number of hydrogen-bond acceptors (Lipinski definition) is 3. The van der Waals surface area contributed by atoms with Crippen LogP contribution in [0.1, 0.15) is 10.5 Å². The van der Waals surface area contributed by atoms with Crippen LogP contribution in [0.25, 0.3) is 5.65 Å². The van der Waals surface area contributed by atoms with Gasteiger partial charge in [0.25, 0.3) is 5.91 Å². The molecule has 1 amide bonds. The Morgan fingerprint density at radius 3 is 2.89 bits per heavy atom. The van der Waals surface area contributed by atoms with Crippen LogP contribution in [0.3, 0.4) is 0 Å². The minimum atomic E-state index is -0.227. The molecule has 3 rings (SSSR count). The quantitative estimate of drug-likeness (QED) is 0.742. The maximum atomic E-state index is 11.9. The Labute approximate surface area is 103 Å². The van der Waals surface area contributed by atoms with Crippen molar-refractivity contribution in [1.82, 2.24) is 14.4 Å². The number of rotatable bonds is 2. The van der Waals surface area contributed by atoms with Crippen LogP contribution < -0.4 is 5.32 Å². The van der Waals surface area contributed by atoms with E-state index in [0.717, 1.165) is 5.65 Å². The zero-order chi connectivity index (χ0) is 12.4. The molecule has 0 fully saturated rings. The average molecular weight is 238 g/mol. The minimum absolute atomic E-state index is 0.227. The van der Waals surface area contributed by atoms with Crippen molar-refractivity contribution in [3.63, 3.8) is 0 Å². The van der Waals surface area contributed by atoms with Gasteiger partial charge in [-0.1, -0.05) is 6.07 Å². The van der Waals surface area contributed by atoms with Crippen LogP contribution in [-0.2, 0) is 0 Å². The molecule has 0 bridgehead atoms. The first-order chi connectivity index (χ1) is 8.83. The van der Waals surface area contributed by atoms with E-state index in [9.17, 15) is 4.79 Å². The van der Waals surface area contributed by atoms with Crippen molar-refractivity contribution in [2.45, 2.75) is 0 Å². The van der Waals surface area contributed by atoms with Crippen molar-refractivity contribution in [3.05, 3.63) is 60.8 Å². The van der Waals surface area contributed by atoms with Crippen molar-refractivity contribution in [1.29, 1.82) is 0 Å². The van der Waals surface area contributed by atoms with Crippen LogP contribution in [0.5, 0.6) is 0 Å². The van der Waals surface area contributed by atoms with Gasteiger partial charge in [-0.25, -0.2) is 4.98 Å². The molecule has 0 atom stereocenters. The third kappa shape index (κ3) is 1.93. The predicted molar refractivity (Wildman–Crippen MR) is 67.4 cm³/mol. The fourth-order valence-electron chi connectivity index (χ4n) is 1.69. The van der Waals surface area contributed by atoms with Crippen LogP contribution >= 0.6 is 0 Å². The van der Waals surface area contributed by atoms with Crippen LogP contribution in [0.2, 0.25) is 0 Å². The minimum Gasteiger partial charge on any atom is -0.319 e. The van der Waals surface area contributed by atoms with Gasteiger partial charge in [0.05, 0.1) is 5.69 Å². The number of pyridine rings is 2. The number of amides is 1. The summed E-state index contributed by atoms with van der Waals surface area (Å²) in [6, 6.07) is 8.87. The first-order valence-electron chi connectivity index (χ1n) is 5.48. The molecular formula is C13H10N4O. The first kappa shape index (κ1) is 10.5. The molecule has 0 aromatic carbocycles. The fraction of sp³-hybridized carbons (Fsp3) is 0. The van der Waals surface area contributed by atoms with E-state index in [1.807, 2.05) is 28.9 Å². The van der Waals surface area contributed by atoms with E-state index in [0.29, 0.717) is 11.4 Å². The Bertz CT molecular complexity index is 690. The third-order valence-corrected chi connectivity index (χ3v) is 2.54. The Balaban J connectivity index is 1.86. The van der Waals surface area contributed by atoms with E-state index in [2.05, 4.69) is 15.3 Å². The summed E-state index contributed by atoms with van der Waals surface area (Å²) in [6.07, 6.45) is 6.93. The maximum Gasteiger partial charge on any atom is 0.274 e. The largest absolute Gasteiger partial charge is 0.319 e.